The van der Waals surface area contributed by atoms with Crippen molar-refractivity contribution >= 4 is 39.5 Å². The number of carbonyl (C=O) groups is 1. The van der Waals surface area contributed by atoms with Crippen LogP contribution in [-0.4, -0.2) is 23.0 Å². The number of nitrogens with zero attached hydrogens (tertiary/aromatic N) is 2. The number of rotatable bonds is 1. The van der Waals surface area contributed by atoms with Crippen molar-refractivity contribution < 1.29 is 9.53 Å². The molecule has 0 spiro atoms. The summed E-state index contributed by atoms with van der Waals surface area (Å²) in [4.78, 5) is 18.9. The molecular weight excluding hydrogens is 278 g/mol. The van der Waals surface area contributed by atoms with Crippen LogP contribution in [0, 0.1) is 11.3 Å². The molecule has 3 aromatic rings. The molecule has 0 unspecified atom stereocenters. The quantitative estimate of drug-likeness (QED) is 0.550. The maximum Gasteiger partial charge on any atom is 0.341 e. The number of aromatic nitrogens is 2. The number of hydrogen-bond donors (Lipinski definition) is 1. The summed E-state index contributed by atoms with van der Waals surface area (Å²) in [5.41, 5.74) is 2.12. The lowest BCUT2D eigenvalue weighted by Crippen LogP contribution is -2.03. The largest absolute Gasteiger partial charge is 0.465 e. The van der Waals surface area contributed by atoms with Gasteiger partial charge in [-0.15, -0.1) is 0 Å². The summed E-state index contributed by atoms with van der Waals surface area (Å²) in [5, 5.41) is 10.6. The normalized spacial score (nSPS) is 10.7. The van der Waals surface area contributed by atoms with E-state index < -0.39 is 5.97 Å². The zero-order valence-corrected chi connectivity index (χ0v) is 11.2. The molecule has 6 heteroatoms. The Morgan fingerprint density at radius 2 is 2.20 bits per heavy atom. The summed E-state index contributed by atoms with van der Waals surface area (Å²) in [6.07, 6.45) is 0. The predicted octanol–water partition coefficient (Wildman–Crippen LogP) is 3.03. The third kappa shape index (κ3) is 1.78. The van der Waals surface area contributed by atoms with Crippen LogP contribution >= 0.6 is 11.6 Å². The van der Waals surface area contributed by atoms with Crippen LogP contribution in [-0.2, 0) is 4.74 Å². The highest BCUT2D eigenvalue weighted by Crippen LogP contribution is 2.28. The van der Waals surface area contributed by atoms with E-state index in [4.69, 9.17) is 16.9 Å². The number of H-pyrrole nitrogens is 1. The van der Waals surface area contributed by atoms with Crippen LogP contribution in [0.15, 0.2) is 24.3 Å². The molecule has 1 aromatic carbocycles. The van der Waals surface area contributed by atoms with E-state index in [1.54, 1.807) is 24.3 Å². The number of pyridine rings is 1. The number of carbonyl (C=O) groups excluding carboxylic acids is 1. The molecule has 0 radical (unpaired) electrons. The predicted molar refractivity (Wildman–Crippen MR) is 74.7 cm³/mol. The number of ether oxygens (including phenoxy) is 1. The van der Waals surface area contributed by atoms with Gasteiger partial charge in [0.2, 0.25) is 0 Å². The Bertz CT molecular complexity index is 893. The molecule has 3 rings (SSSR count). The van der Waals surface area contributed by atoms with Crippen molar-refractivity contribution in [2.24, 2.45) is 0 Å². The van der Waals surface area contributed by atoms with Crippen LogP contribution < -0.4 is 0 Å². The molecule has 1 N–H and O–H groups in total. The van der Waals surface area contributed by atoms with Crippen molar-refractivity contribution in [1.82, 2.24) is 9.97 Å². The molecule has 0 bridgehead atoms. The number of fused-ring (bicyclic) bond motifs is 3. The summed E-state index contributed by atoms with van der Waals surface area (Å²) in [6, 6.07) is 8.95. The van der Waals surface area contributed by atoms with Gasteiger partial charge in [0.15, 0.2) is 0 Å². The van der Waals surface area contributed by atoms with Gasteiger partial charge in [0.05, 0.1) is 24.3 Å². The molecule has 0 saturated carbocycles. The van der Waals surface area contributed by atoms with Gasteiger partial charge in [-0.05, 0) is 24.3 Å². The third-order valence-electron chi connectivity index (χ3n) is 3.07. The first-order valence-electron chi connectivity index (χ1n) is 5.74. The zero-order valence-electron chi connectivity index (χ0n) is 10.4. The number of nitriles is 1. The van der Waals surface area contributed by atoms with E-state index in [1.807, 2.05) is 0 Å². The van der Waals surface area contributed by atoms with Gasteiger partial charge in [-0.1, -0.05) is 11.6 Å². The van der Waals surface area contributed by atoms with Gasteiger partial charge >= 0.3 is 5.97 Å². The van der Waals surface area contributed by atoms with Crippen LogP contribution in [0.4, 0.5) is 0 Å². The summed E-state index contributed by atoms with van der Waals surface area (Å²) in [5.74, 6) is -0.546. The lowest BCUT2D eigenvalue weighted by Gasteiger charge is -2.01. The summed E-state index contributed by atoms with van der Waals surface area (Å²) in [7, 11) is 1.28. The van der Waals surface area contributed by atoms with Crippen molar-refractivity contribution in [3.8, 4) is 6.07 Å². The Kier molecular flexibility index (Phi) is 2.81. The Balaban J connectivity index is 2.38. The van der Waals surface area contributed by atoms with E-state index in [9.17, 15) is 4.79 Å². The van der Waals surface area contributed by atoms with Crippen molar-refractivity contribution in [3.05, 3.63) is 40.5 Å². The van der Waals surface area contributed by atoms with Gasteiger partial charge in [0.25, 0.3) is 0 Å². The molecule has 0 aliphatic carbocycles. The molecule has 2 aromatic heterocycles. The first kappa shape index (κ1) is 12.5. The summed E-state index contributed by atoms with van der Waals surface area (Å²) in [6.45, 7) is 0. The highest BCUT2D eigenvalue weighted by molar-refractivity contribution is 6.33. The van der Waals surface area contributed by atoms with Gasteiger partial charge in [0.1, 0.15) is 10.8 Å². The second-order valence-corrected chi connectivity index (χ2v) is 4.57. The second-order valence-electron chi connectivity index (χ2n) is 4.21. The fraction of sp³-hybridized carbons (Fsp3) is 0.0714. The van der Waals surface area contributed by atoms with E-state index in [2.05, 4.69) is 20.8 Å². The Morgan fingerprint density at radius 1 is 1.40 bits per heavy atom. The average Bonchev–Trinajstić information content (AvgIpc) is 2.81. The third-order valence-corrected chi connectivity index (χ3v) is 3.36. The molecule has 5 nitrogen and oxygen atoms in total. The Labute approximate surface area is 118 Å². The van der Waals surface area contributed by atoms with E-state index in [0.717, 1.165) is 16.3 Å². The van der Waals surface area contributed by atoms with Crippen LogP contribution in [0.25, 0.3) is 21.9 Å². The highest BCUT2D eigenvalue weighted by atomic mass is 35.5. The zero-order chi connectivity index (χ0) is 14.3. The maximum absolute atomic E-state index is 11.6. The van der Waals surface area contributed by atoms with Crippen molar-refractivity contribution in [2.45, 2.75) is 0 Å². The number of nitrogens with one attached hydrogen (secondary N) is 1. The van der Waals surface area contributed by atoms with E-state index in [0.29, 0.717) is 11.2 Å². The molecule has 98 valence electrons. The van der Waals surface area contributed by atoms with Crippen LogP contribution in [0.1, 0.15) is 15.9 Å². The summed E-state index contributed by atoms with van der Waals surface area (Å²) < 4.78 is 4.67. The van der Waals surface area contributed by atoms with Crippen LogP contribution in [0.3, 0.4) is 0 Å². The standard InChI is InChI=1S/C14H8ClN3O2/c1-20-14(19)10-5-9-8-4-7(6-16)2-3-11(8)17-13(9)18-12(10)15/h2-5H,1H3,(H,17,18). The molecular formula is C14H8ClN3O2. The molecule has 0 aliphatic rings. The molecule has 20 heavy (non-hydrogen) atoms. The van der Waals surface area contributed by atoms with Gasteiger partial charge in [-0.25, -0.2) is 9.78 Å². The monoisotopic (exact) mass is 285 g/mol. The van der Waals surface area contributed by atoms with Crippen LogP contribution in [0.2, 0.25) is 5.15 Å². The van der Waals surface area contributed by atoms with E-state index in [1.165, 1.54) is 7.11 Å². The summed E-state index contributed by atoms with van der Waals surface area (Å²) >= 11 is 5.98. The van der Waals surface area contributed by atoms with Gasteiger partial charge < -0.3 is 9.72 Å². The number of methoxy groups -OCH3 is 1. The van der Waals surface area contributed by atoms with Crippen molar-refractivity contribution in [2.75, 3.05) is 7.11 Å². The molecule has 0 fully saturated rings. The minimum atomic E-state index is -0.546. The Hall–Kier alpha value is -2.58. The van der Waals surface area contributed by atoms with Gasteiger partial charge in [-0.3, -0.25) is 0 Å². The minimum absolute atomic E-state index is 0.0800. The number of aromatic amines is 1. The maximum atomic E-state index is 11.6. The first-order valence-corrected chi connectivity index (χ1v) is 6.12. The van der Waals surface area contributed by atoms with Crippen molar-refractivity contribution in [3.63, 3.8) is 0 Å². The number of hydrogen-bond acceptors (Lipinski definition) is 4. The van der Waals surface area contributed by atoms with Crippen LogP contribution in [0.5, 0.6) is 0 Å². The van der Waals surface area contributed by atoms with Crippen molar-refractivity contribution in [1.29, 1.82) is 5.26 Å². The lowest BCUT2D eigenvalue weighted by atomic mass is 10.1. The minimum Gasteiger partial charge on any atom is -0.465 e. The Morgan fingerprint density at radius 3 is 2.90 bits per heavy atom. The molecule has 0 saturated heterocycles. The average molecular weight is 286 g/mol. The lowest BCUT2D eigenvalue weighted by molar-refractivity contribution is 0.0600. The van der Waals surface area contributed by atoms with Gasteiger partial charge in [0, 0.05) is 16.3 Å². The topological polar surface area (TPSA) is 78.8 Å². The molecule has 0 atom stereocenters. The smallest absolute Gasteiger partial charge is 0.341 e. The fourth-order valence-corrected chi connectivity index (χ4v) is 2.33. The molecule has 0 aliphatic heterocycles. The molecule has 0 amide bonds. The molecule has 2 heterocycles. The van der Waals surface area contributed by atoms with Gasteiger partial charge in [-0.2, -0.15) is 5.26 Å². The first-order chi connectivity index (χ1) is 9.63. The van der Waals surface area contributed by atoms with E-state index in [-0.39, 0.29) is 10.7 Å². The fourth-order valence-electron chi connectivity index (χ4n) is 2.12. The van der Waals surface area contributed by atoms with E-state index >= 15 is 0 Å². The highest BCUT2D eigenvalue weighted by Gasteiger charge is 2.16. The number of halogens is 1. The number of benzene rings is 1. The second kappa shape index (κ2) is 4.51. The SMILES string of the molecule is COC(=O)c1cc2c(nc1Cl)[nH]c1ccc(C#N)cc12. The number of esters is 1.